The highest BCUT2D eigenvalue weighted by Gasteiger charge is 2.11. The van der Waals surface area contributed by atoms with E-state index in [0.29, 0.717) is 6.61 Å². The molecule has 0 spiro atoms. The standard InChI is InChI=1S/C12H15N3O/c1-10(9-16-13)11-5-2-3-6-12(11)15-8-4-7-14-15/h2-8,10H,9,13H2,1H3. The van der Waals surface area contributed by atoms with Gasteiger partial charge >= 0.3 is 0 Å². The number of nitrogens with two attached hydrogens (primary N) is 1. The molecular weight excluding hydrogens is 202 g/mol. The number of benzene rings is 1. The molecule has 16 heavy (non-hydrogen) atoms. The van der Waals surface area contributed by atoms with Crippen molar-refractivity contribution in [3.63, 3.8) is 0 Å². The van der Waals surface area contributed by atoms with Crippen LogP contribution in [-0.4, -0.2) is 16.4 Å². The van der Waals surface area contributed by atoms with Crippen molar-refractivity contribution in [1.82, 2.24) is 9.78 Å². The van der Waals surface area contributed by atoms with Crippen LogP contribution in [-0.2, 0) is 4.84 Å². The molecule has 0 saturated heterocycles. The minimum absolute atomic E-state index is 0.241. The lowest BCUT2D eigenvalue weighted by Gasteiger charge is -2.15. The van der Waals surface area contributed by atoms with Crippen molar-refractivity contribution < 1.29 is 4.84 Å². The summed E-state index contributed by atoms with van der Waals surface area (Å²) >= 11 is 0. The molecule has 0 radical (unpaired) electrons. The summed E-state index contributed by atoms with van der Waals surface area (Å²) in [5.74, 6) is 5.35. The van der Waals surface area contributed by atoms with Crippen LogP contribution in [0.3, 0.4) is 0 Å². The second kappa shape index (κ2) is 4.92. The largest absolute Gasteiger partial charge is 0.304 e. The molecule has 4 heteroatoms. The van der Waals surface area contributed by atoms with Gasteiger partial charge in [0.25, 0.3) is 0 Å². The molecule has 1 atom stereocenters. The Morgan fingerprint density at radius 2 is 2.19 bits per heavy atom. The third-order valence-corrected chi connectivity index (χ3v) is 2.57. The summed E-state index contributed by atoms with van der Waals surface area (Å²) in [7, 11) is 0. The van der Waals surface area contributed by atoms with Crippen LogP contribution in [0.5, 0.6) is 0 Å². The summed E-state index contributed by atoms with van der Waals surface area (Å²) < 4.78 is 1.85. The Morgan fingerprint density at radius 1 is 1.38 bits per heavy atom. The fraction of sp³-hybridized carbons (Fsp3) is 0.250. The monoisotopic (exact) mass is 217 g/mol. The molecule has 2 aromatic rings. The van der Waals surface area contributed by atoms with Gasteiger partial charge in [-0.15, -0.1) is 0 Å². The maximum absolute atomic E-state index is 5.11. The molecule has 2 rings (SSSR count). The molecule has 0 amide bonds. The van der Waals surface area contributed by atoms with E-state index in [1.807, 2.05) is 35.1 Å². The Hall–Kier alpha value is -1.65. The third-order valence-electron chi connectivity index (χ3n) is 2.57. The van der Waals surface area contributed by atoms with E-state index in [2.05, 4.69) is 18.1 Å². The molecule has 0 fully saturated rings. The zero-order valence-electron chi connectivity index (χ0n) is 9.21. The SMILES string of the molecule is CC(CON)c1ccccc1-n1cccn1. The Morgan fingerprint density at radius 3 is 2.88 bits per heavy atom. The number of aromatic nitrogens is 2. The maximum atomic E-state index is 5.11. The molecule has 1 aromatic heterocycles. The van der Waals surface area contributed by atoms with Crippen molar-refractivity contribution in [2.75, 3.05) is 6.61 Å². The lowest BCUT2D eigenvalue weighted by atomic mass is 10.0. The highest BCUT2D eigenvalue weighted by Crippen LogP contribution is 2.22. The fourth-order valence-electron chi connectivity index (χ4n) is 1.76. The van der Waals surface area contributed by atoms with E-state index in [9.17, 15) is 0 Å². The number of hydrogen-bond donors (Lipinski definition) is 1. The Bertz CT molecular complexity index is 439. The van der Waals surface area contributed by atoms with Gasteiger partial charge in [0.15, 0.2) is 0 Å². The van der Waals surface area contributed by atoms with Crippen LogP contribution in [0.25, 0.3) is 5.69 Å². The third kappa shape index (κ3) is 2.13. The lowest BCUT2D eigenvalue weighted by molar-refractivity contribution is 0.126. The summed E-state index contributed by atoms with van der Waals surface area (Å²) in [6, 6.07) is 10.0. The van der Waals surface area contributed by atoms with Crippen LogP contribution in [0, 0.1) is 0 Å². The molecule has 1 unspecified atom stereocenters. The van der Waals surface area contributed by atoms with E-state index in [0.717, 1.165) is 5.69 Å². The van der Waals surface area contributed by atoms with E-state index in [1.165, 1.54) is 5.56 Å². The zero-order valence-corrected chi connectivity index (χ0v) is 9.21. The first-order valence-corrected chi connectivity index (χ1v) is 5.23. The summed E-state index contributed by atoms with van der Waals surface area (Å²) in [4.78, 5) is 4.70. The van der Waals surface area contributed by atoms with E-state index in [-0.39, 0.29) is 5.92 Å². The summed E-state index contributed by atoms with van der Waals surface area (Å²) in [5, 5.41) is 4.23. The Labute approximate surface area is 94.6 Å². The molecular formula is C12H15N3O. The van der Waals surface area contributed by atoms with E-state index in [1.54, 1.807) is 6.20 Å². The minimum Gasteiger partial charge on any atom is -0.304 e. The highest BCUT2D eigenvalue weighted by atomic mass is 16.6. The van der Waals surface area contributed by atoms with Gasteiger partial charge in [-0.25, -0.2) is 10.6 Å². The normalized spacial score (nSPS) is 12.6. The summed E-state index contributed by atoms with van der Waals surface area (Å²) in [6.07, 6.45) is 3.69. The van der Waals surface area contributed by atoms with Crippen LogP contribution < -0.4 is 5.90 Å². The summed E-state index contributed by atoms with van der Waals surface area (Å²) in [5.41, 5.74) is 2.24. The van der Waals surface area contributed by atoms with Gasteiger partial charge in [-0.2, -0.15) is 5.10 Å². The van der Waals surface area contributed by atoms with Gasteiger partial charge in [-0.05, 0) is 17.7 Å². The number of para-hydroxylation sites is 1. The Balaban J connectivity index is 2.38. The van der Waals surface area contributed by atoms with Gasteiger partial charge in [0.05, 0.1) is 12.3 Å². The van der Waals surface area contributed by atoms with E-state index in [4.69, 9.17) is 10.7 Å². The van der Waals surface area contributed by atoms with Crippen molar-refractivity contribution >= 4 is 0 Å². The second-order valence-electron chi connectivity index (χ2n) is 3.74. The lowest BCUT2D eigenvalue weighted by Crippen LogP contribution is -2.11. The predicted octanol–water partition coefficient (Wildman–Crippen LogP) is 1.87. The summed E-state index contributed by atoms with van der Waals surface area (Å²) in [6.45, 7) is 2.58. The highest BCUT2D eigenvalue weighted by molar-refractivity contribution is 5.42. The quantitative estimate of drug-likeness (QED) is 0.795. The number of hydrogen-bond acceptors (Lipinski definition) is 3. The number of rotatable bonds is 4. The predicted molar refractivity (Wildman–Crippen MR) is 62.1 cm³/mol. The molecule has 1 aromatic carbocycles. The smallest absolute Gasteiger partial charge is 0.0745 e. The van der Waals surface area contributed by atoms with Crippen molar-refractivity contribution in [2.24, 2.45) is 5.90 Å². The van der Waals surface area contributed by atoms with E-state index < -0.39 is 0 Å². The second-order valence-corrected chi connectivity index (χ2v) is 3.74. The average Bonchev–Trinajstić information content (AvgIpc) is 2.83. The maximum Gasteiger partial charge on any atom is 0.0745 e. The van der Waals surface area contributed by atoms with Crippen LogP contribution in [0.4, 0.5) is 0 Å². The average molecular weight is 217 g/mol. The van der Waals surface area contributed by atoms with Gasteiger partial charge in [-0.1, -0.05) is 25.1 Å². The van der Waals surface area contributed by atoms with Crippen LogP contribution in [0.1, 0.15) is 18.4 Å². The zero-order chi connectivity index (χ0) is 11.4. The van der Waals surface area contributed by atoms with Crippen molar-refractivity contribution in [2.45, 2.75) is 12.8 Å². The van der Waals surface area contributed by atoms with Gasteiger partial charge in [-0.3, -0.25) is 0 Å². The van der Waals surface area contributed by atoms with Crippen LogP contribution in [0.15, 0.2) is 42.7 Å². The molecule has 0 bridgehead atoms. The number of nitrogens with zero attached hydrogens (tertiary/aromatic N) is 2. The first-order chi connectivity index (χ1) is 7.83. The van der Waals surface area contributed by atoms with Gasteiger partial charge in [0.2, 0.25) is 0 Å². The van der Waals surface area contributed by atoms with Gasteiger partial charge < -0.3 is 4.84 Å². The molecule has 1 heterocycles. The van der Waals surface area contributed by atoms with Crippen LogP contribution in [0.2, 0.25) is 0 Å². The van der Waals surface area contributed by atoms with Gasteiger partial charge in [0, 0.05) is 18.3 Å². The van der Waals surface area contributed by atoms with Gasteiger partial charge in [0.1, 0.15) is 0 Å². The molecule has 2 N–H and O–H groups in total. The molecule has 0 saturated carbocycles. The first kappa shape index (κ1) is 10.9. The van der Waals surface area contributed by atoms with E-state index >= 15 is 0 Å². The van der Waals surface area contributed by atoms with Crippen molar-refractivity contribution in [1.29, 1.82) is 0 Å². The minimum atomic E-state index is 0.241. The molecule has 0 aliphatic carbocycles. The first-order valence-electron chi connectivity index (χ1n) is 5.23. The molecule has 0 aliphatic heterocycles. The van der Waals surface area contributed by atoms with Crippen LogP contribution >= 0.6 is 0 Å². The molecule has 4 nitrogen and oxygen atoms in total. The molecule has 0 aliphatic rings. The van der Waals surface area contributed by atoms with Crippen molar-refractivity contribution in [3.05, 3.63) is 48.3 Å². The Kier molecular flexibility index (Phi) is 3.34. The fourth-order valence-corrected chi connectivity index (χ4v) is 1.76. The molecule has 84 valence electrons. The van der Waals surface area contributed by atoms with Crippen molar-refractivity contribution in [3.8, 4) is 5.69 Å². The topological polar surface area (TPSA) is 53.1 Å².